The monoisotopic (exact) mass is 998 g/mol. The number of nitrogens with one attached hydrogen (secondary N) is 2. The Morgan fingerprint density at radius 1 is 0.627 bits per heavy atom. The SMILES string of the molecule is CCN(CC)CCNc1ccc(N=Nc2ccc(Nc3ccc(N=Nc4c(S(=O)(=O)O)cc5cc(S(=O)(=O)O)c(N=Nc6ccccc6)c([O-])c5c4N)cc3S(=O)(=O)[O-])cc2)c([O-])c1.[Na+].[Na+].[Na+]. The molecule has 6 rings (SSSR count). The fourth-order valence-electron chi connectivity index (χ4n) is 6.16. The van der Waals surface area contributed by atoms with Crippen molar-refractivity contribution >= 4 is 98.0 Å². The molecule has 0 fully saturated rings. The van der Waals surface area contributed by atoms with E-state index in [1.807, 2.05) is 0 Å². The first-order chi connectivity index (χ1) is 30.3. The van der Waals surface area contributed by atoms with Crippen molar-refractivity contribution in [2.24, 2.45) is 30.7 Å². The van der Waals surface area contributed by atoms with E-state index in [1.54, 1.807) is 30.3 Å². The van der Waals surface area contributed by atoms with Crippen LogP contribution < -0.4 is 115 Å². The number of nitrogens with zero attached hydrogens (tertiary/aromatic N) is 7. The molecule has 0 saturated heterocycles. The van der Waals surface area contributed by atoms with Gasteiger partial charge in [0.05, 0.1) is 44.7 Å². The van der Waals surface area contributed by atoms with Crippen molar-refractivity contribution < 1.29 is 138 Å². The number of hydrogen-bond acceptors (Lipinski definition) is 19. The van der Waals surface area contributed by atoms with Crippen LogP contribution in [0.5, 0.6) is 11.5 Å². The van der Waals surface area contributed by atoms with Crippen molar-refractivity contribution in [1.29, 1.82) is 0 Å². The predicted octanol–water partition coefficient (Wildman–Crippen LogP) is -1.28. The van der Waals surface area contributed by atoms with Gasteiger partial charge in [-0.1, -0.05) is 43.5 Å². The molecule has 0 radical (unpaired) electrons. The largest absolute Gasteiger partial charge is 1.00 e. The summed E-state index contributed by atoms with van der Waals surface area (Å²) >= 11 is 0. The van der Waals surface area contributed by atoms with Crippen molar-refractivity contribution in [2.45, 2.75) is 28.5 Å². The van der Waals surface area contributed by atoms with E-state index in [4.69, 9.17) is 5.73 Å². The number of hydrogen-bond donors (Lipinski definition) is 5. The summed E-state index contributed by atoms with van der Waals surface area (Å²) in [5.41, 5.74) is 4.83. The molecular weight excluding hydrogens is 962 g/mol. The molecule has 0 saturated carbocycles. The molecule has 0 spiro atoms. The van der Waals surface area contributed by atoms with E-state index in [9.17, 15) is 49.1 Å². The number of nitrogens with two attached hydrogens (primary N) is 1. The minimum Gasteiger partial charge on any atom is -0.871 e. The molecule has 6 aromatic carbocycles. The summed E-state index contributed by atoms with van der Waals surface area (Å²) in [6.45, 7) is 7.46. The third kappa shape index (κ3) is 14.8. The minimum atomic E-state index is -5.25. The molecule has 0 unspecified atom stereocenters. The topological polar surface area (TPSA) is 340 Å². The number of benzene rings is 6. The van der Waals surface area contributed by atoms with Gasteiger partial charge in [-0.15, -0.1) is 10.2 Å². The van der Waals surface area contributed by atoms with E-state index in [0.717, 1.165) is 31.8 Å². The molecule has 67 heavy (non-hydrogen) atoms. The van der Waals surface area contributed by atoms with Gasteiger partial charge in [0.2, 0.25) is 0 Å². The molecule has 27 heteroatoms. The van der Waals surface area contributed by atoms with E-state index in [2.05, 4.69) is 60.1 Å². The van der Waals surface area contributed by atoms with Crippen molar-refractivity contribution in [3.05, 3.63) is 103 Å². The third-order valence-electron chi connectivity index (χ3n) is 9.40. The molecule has 0 bridgehead atoms. The van der Waals surface area contributed by atoms with Crippen LogP contribution in [0.25, 0.3) is 10.8 Å². The van der Waals surface area contributed by atoms with Crippen LogP contribution in [-0.4, -0.2) is 70.0 Å². The Kier molecular flexibility index (Phi) is 21.0. The zero-order chi connectivity index (χ0) is 46.4. The Morgan fingerprint density at radius 2 is 1.16 bits per heavy atom. The van der Waals surface area contributed by atoms with E-state index < -0.39 is 78.6 Å². The van der Waals surface area contributed by atoms with Gasteiger partial charge in [0, 0.05) is 29.9 Å². The molecule has 0 aliphatic rings. The van der Waals surface area contributed by atoms with E-state index in [0.29, 0.717) is 35.7 Å². The van der Waals surface area contributed by atoms with Gasteiger partial charge in [0.15, 0.2) is 0 Å². The number of likely N-dealkylation sites (N-methyl/N-ethyl adjacent to an activating group) is 1. The molecule has 6 aromatic rings. The Labute approximate surface area is 452 Å². The second kappa shape index (κ2) is 24.6. The molecule has 0 aromatic heterocycles. The molecule has 0 amide bonds. The van der Waals surface area contributed by atoms with Crippen LogP contribution in [0.3, 0.4) is 0 Å². The number of anilines is 4. The first-order valence-corrected chi connectivity index (χ1v) is 23.2. The Morgan fingerprint density at radius 3 is 1.75 bits per heavy atom. The van der Waals surface area contributed by atoms with Gasteiger partial charge in [-0.25, -0.2) is 8.42 Å². The Balaban J connectivity index is 0.00000397. The average molecular weight is 999 g/mol. The molecule has 0 aliphatic carbocycles. The fourth-order valence-corrected chi connectivity index (χ4v) is 8.14. The summed E-state index contributed by atoms with van der Waals surface area (Å²) in [6, 6.07) is 23.0. The van der Waals surface area contributed by atoms with Crippen LogP contribution in [0.2, 0.25) is 0 Å². The maximum Gasteiger partial charge on any atom is 1.00 e. The van der Waals surface area contributed by atoms with Crippen molar-refractivity contribution in [3.63, 3.8) is 0 Å². The smallest absolute Gasteiger partial charge is 0.871 e. The van der Waals surface area contributed by atoms with Gasteiger partial charge < -0.3 is 36.0 Å². The summed E-state index contributed by atoms with van der Waals surface area (Å²) in [4.78, 5) is -0.672. The van der Waals surface area contributed by atoms with Gasteiger partial charge in [0.25, 0.3) is 20.2 Å². The van der Waals surface area contributed by atoms with Crippen molar-refractivity contribution in [1.82, 2.24) is 4.90 Å². The number of nitrogen functional groups attached to an aromatic ring is 1. The number of rotatable bonds is 17. The maximum absolute atomic E-state index is 13.7. The molecule has 0 aliphatic heterocycles. The van der Waals surface area contributed by atoms with Crippen LogP contribution in [0.1, 0.15) is 13.8 Å². The first kappa shape index (κ1) is 57.4. The van der Waals surface area contributed by atoms with Gasteiger partial charge in [0.1, 0.15) is 25.6 Å². The number of fused-ring (bicyclic) bond motifs is 1. The second-order valence-electron chi connectivity index (χ2n) is 13.6. The molecule has 0 heterocycles. The Hall–Kier alpha value is -3.93. The Bertz CT molecular complexity index is 3170. The van der Waals surface area contributed by atoms with Crippen LogP contribution in [0, 0.1) is 0 Å². The van der Waals surface area contributed by atoms with Gasteiger partial charge in [-0.3, -0.25) is 9.11 Å². The molecule has 6 N–H and O–H groups in total. The summed E-state index contributed by atoms with van der Waals surface area (Å²) < 4.78 is 107. The van der Waals surface area contributed by atoms with Crippen molar-refractivity contribution in [2.75, 3.05) is 42.5 Å². The molecule has 21 nitrogen and oxygen atoms in total. The predicted molar refractivity (Wildman–Crippen MR) is 233 cm³/mol. The summed E-state index contributed by atoms with van der Waals surface area (Å²) in [6.07, 6.45) is 0. The second-order valence-corrected chi connectivity index (χ2v) is 17.7. The fraction of sp³-hybridized carbons (Fsp3) is 0.150. The minimum absolute atomic E-state index is 0. The normalized spacial score (nSPS) is 12.0. The summed E-state index contributed by atoms with van der Waals surface area (Å²) in [5, 5.41) is 54.7. The van der Waals surface area contributed by atoms with Gasteiger partial charge in [-0.2, -0.15) is 37.3 Å². The zero-order valence-corrected chi connectivity index (χ0v) is 45.1. The van der Waals surface area contributed by atoms with E-state index >= 15 is 0 Å². The number of azo groups is 3. The van der Waals surface area contributed by atoms with Crippen LogP contribution in [0.4, 0.5) is 56.9 Å². The van der Waals surface area contributed by atoms with Crippen LogP contribution in [-0.2, 0) is 30.4 Å². The molecule has 0 atom stereocenters. The zero-order valence-electron chi connectivity index (χ0n) is 36.6. The van der Waals surface area contributed by atoms with Gasteiger partial charge in [-0.05, 0) is 103 Å². The standard InChI is InChI=1S/C40H40N10O11S3.3Na/c1-3-50(4-2)19-18-42-28-14-16-30(32(51)22-28)47-44-27-12-10-25(11-13-27)43-31-17-15-29(23-33(31)62(53,54)55)46-48-38-34(63(56,57)58)20-24-21-35(64(59,60)61)39(40(52)36(24)37(38)41)49-45-26-8-6-5-7-9-26;;;/h5-17,20-23,42-43,51-52H,3-4,18-19,41H2,1-2H3,(H,53,54,55)(H,56,57,58)(H,59,60,61);;;/q;3*+1/p-3. The van der Waals surface area contributed by atoms with Gasteiger partial charge >= 0.3 is 88.7 Å². The average Bonchev–Trinajstić information content (AvgIpc) is 3.24. The molecule has 334 valence electrons. The quantitative estimate of drug-likeness (QED) is 0.0308. The molecular formula is C40H37N10Na3O11S3. The summed E-state index contributed by atoms with van der Waals surface area (Å²) in [7, 11) is -15.6. The first-order valence-electron chi connectivity index (χ1n) is 18.9. The van der Waals surface area contributed by atoms with Crippen LogP contribution >= 0.6 is 0 Å². The van der Waals surface area contributed by atoms with Crippen molar-refractivity contribution in [3.8, 4) is 11.5 Å². The summed E-state index contributed by atoms with van der Waals surface area (Å²) in [5.74, 6) is -1.57. The van der Waals surface area contributed by atoms with Crippen LogP contribution in [0.15, 0.2) is 149 Å². The third-order valence-corrected chi connectivity index (χ3v) is 12.0. The maximum atomic E-state index is 13.7. The van der Waals surface area contributed by atoms with E-state index in [-0.39, 0.29) is 117 Å². The van der Waals surface area contributed by atoms with E-state index in [1.165, 1.54) is 48.5 Å².